The first kappa shape index (κ1) is 11.7. The van der Waals surface area contributed by atoms with Gasteiger partial charge in [-0.15, -0.1) is 0 Å². The Kier molecular flexibility index (Phi) is 6.32. The second-order valence-electron chi connectivity index (χ2n) is 2.81. The van der Waals surface area contributed by atoms with Crippen LogP contribution in [0.15, 0.2) is 0 Å². The molecule has 0 aromatic rings. The van der Waals surface area contributed by atoms with E-state index in [0.29, 0.717) is 11.7 Å². The highest BCUT2D eigenvalue weighted by Crippen LogP contribution is 2.23. The number of alkyl halides is 1. The van der Waals surface area contributed by atoms with Gasteiger partial charge >= 0.3 is 0 Å². The van der Waals surface area contributed by atoms with E-state index in [2.05, 4.69) is 21.2 Å². The second-order valence-corrected chi connectivity index (χ2v) is 6.16. The van der Waals surface area contributed by atoms with Crippen LogP contribution in [0.3, 0.4) is 0 Å². The first-order valence-electron chi connectivity index (χ1n) is 4.35. The van der Waals surface area contributed by atoms with Crippen molar-refractivity contribution in [3.63, 3.8) is 0 Å². The van der Waals surface area contributed by atoms with Crippen LogP contribution in [0.1, 0.15) is 6.42 Å². The maximum atomic E-state index is 11.1. The summed E-state index contributed by atoms with van der Waals surface area (Å²) in [6.07, 6.45) is 0.588. The smallest absolute Gasteiger partial charge is 0.220 e. The molecule has 1 aliphatic heterocycles. The standard InChI is InChI=1S/C8H14BrNOS2/c9-2-1-8(11)10-5-7-6-12-3-4-13-7/h7H,1-6H2,(H,10,11). The van der Waals surface area contributed by atoms with E-state index in [0.717, 1.165) is 11.9 Å². The van der Waals surface area contributed by atoms with Crippen LogP contribution in [0, 0.1) is 0 Å². The zero-order valence-corrected chi connectivity index (χ0v) is 10.6. The maximum absolute atomic E-state index is 11.1. The van der Waals surface area contributed by atoms with Crippen LogP contribution < -0.4 is 5.32 Å². The fourth-order valence-corrected chi connectivity index (χ4v) is 4.03. The molecule has 76 valence electrons. The Balaban J connectivity index is 2.06. The van der Waals surface area contributed by atoms with Crippen LogP contribution in [-0.2, 0) is 4.79 Å². The number of hydrogen-bond acceptors (Lipinski definition) is 3. The van der Waals surface area contributed by atoms with Gasteiger partial charge in [0.25, 0.3) is 0 Å². The van der Waals surface area contributed by atoms with Crippen LogP contribution in [-0.4, -0.2) is 40.3 Å². The number of amides is 1. The largest absolute Gasteiger partial charge is 0.355 e. The average molecular weight is 284 g/mol. The van der Waals surface area contributed by atoms with Crippen molar-refractivity contribution in [1.29, 1.82) is 0 Å². The summed E-state index contributed by atoms with van der Waals surface area (Å²) in [6, 6.07) is 0. The van der Waals surface area contributed by atoms with Gasteiger partial charge in [-0.3, -0.25) is 4.79 Å². The highest BCUT2D eigenvalue weighted by molar-refractivity contribution is 9.09. The van der Waals surface area contributed by atoms with E-state index < -0.39 is 0 Å². The summed E-state index contributed by atoms with van der Waals surface area (Å²) < 4.78 is 0. The molecule has 5 heteroatoms. The lowest BCUT2D eigenvalue weighted by Gasteiger charge is -2.20. The Morgan fingerprint density at radius 3 is 3.00 bits per heavy atom. The SMILES string of the molecule is O=C(CCBr)NCC1CSCCS1. The molecule has 0 bridgehead atoms. The molecule has 1 heterocycles. The predicted octanol–water partition coefficient (Wildman–Crippen LogP) is 1.74. The van der Waals surface area contributed by atoms with Crippen LogP contribution in [0.2, 0.25) is 0 Å². The van der Waals surface area contributed by atoms with Crippen molar-refractivity contribution in [1.82, 2.24) is 5.32 Å². The van der Waals surface area contributed by atoms with Crippen molar-refractivity contribution >= 4 is 45.4 Å². The summed E-state index contributed by atoms with van der Waals surface area (Å²) in [5.74, 6) is 3.83. The fraction of sp³-hybridized carbons (Fsp3) is 0.875. The molecule has 0 aromatic heterocycles. The molecule has 0 aromatic carbocycles. The van der Waals surface area contributed by atoms with Crippen LogP contribution in [0.25, 0.3) is 0 Å². The molecule has 1 aliphatic rings. The van der Waals surface area contributed by atoms with Gasteiger partial charge in [0.1, 0.15) is 0 Å². The molecule has 1 amide bonds. The van der Waals surface area contributed by atoms with Gasteiger partial charge in [-0.25, -0.2) is 0 Å². The van der Waals surface area contributed by atoms with Gasteiger partial charge in [-0.05, 0) is 0 Å². The highest BCUT2D eigenvalue weighted by Gasteiger charge is 2.14. The summed E-state index contributed by atoms with van der Waals surface area (Å²) >= 11 is 7.21. The zero-order valence-electron chi connectivity index (χ0n) is 7.42. The number of rotatable bonds is 4. The Hall–Kier alpha value is 0.650. The number of hydrogen-bond donors (Lipinski definition) is 1. The molecule has 0 aliphatic carbocycles. The van der Waals surface area contributed by atoms with Crippen molar-refractivity contribution in [2.24, 2.45) is 0 Å². The Bertz CT molecular complexity index is 162. The minimum atomic E-state index is 0.160. The van der Waals surface area contributed by atoms with E-state index in [-0.39, 0.29) is 5.91 Å². The Morgan fingerprint density at radius 2 is 2.38 bits per heavy atom. The average Bonchev–Trinajstić information content (AvgIpc) is 2.17. The molecule has 1 N–H and O–H groups in total. The molecule has 1 saturated heterocycles. The Labute approximate surface area is 96.1 Å². The third-order valence-electron chi connectivity index (χ3n) is 1.73. The van der Waals surface area contributed by atoms with Crippen LogP contribution in [0.4, 0.5) is 0 Å². The normalized spacial score (nSPS) is 22.7. The number of carbonyl (C=O) groups excluding carboxylic acids is 1. The molecule has 0 saturated carbocycles. The van der Waals surface area contributed by atoms with Crippen LogP contribution in [0.5, 0.6) is 0 Å². The molecule has 13 heavy (non-hydrogen) atoms. The van der Waals surface area contributed by atoms with Crippen molar-refractivity contribution in [3.8, 4) is 0 Å². The summed E-state index contributed by atoms with van der Waals surface area (Å²) in [5, 5.41) is 4.33. The third-order valence-corrected chi connectivity index (χ3v) is 4.97. The van der Waals surface area contributed by atoms with Gasteiger partial charge in [0.05, 0.1) is 0 Å². The minimum absolute atomic E-state index is 0.160. The molecular weight excluding hydrogens is 270 g/mol. The first-order chi connectivity index (χ1) is 6.33. The summed E-state index contributed by atoms with van der Waals surface area (Å²) in [5.41, 5.74) is 0. The number of halogens is 1. The van der Waals surface area contributed by atoms with E-state index in [1.54, 1.807) is 0 Å². The topological polar surface area (TPSA) is 29.1 Å². The minimum Gasteiger partial charge on any atom is -0.355 e. The quantitative estimate of drug-likeness (QED) is 0.797. The van der Waals surface area contributed by atoms with Gasteiger partial charge in [0.15, 0.2) is 0 Å². The van der Waals surface area contributed by atoms with E-state index in [4.69, 9.17) is 0 Å². The fourth-order valence-electron chi connectivity index (χ4n) is 1.06. The van der Waals surface area contributed by atoms with Gasteiger partial charge in [0.2, 0.25) is 5.91 Å². The molecule has 1 rings (SSSR count). The number of nitrogens with one attached hydrogen (secondary N) is 1. The van der Waals surface area contributed by atoms with Crippen molar-refractivity contribution in [3.05, 3.63) is 0 Å². The van der Waals surface area contributed by atoms with Gasteiger partial charge in [0, 0.05) is 40.8 Å². The molecule has 1 unspecified atom stereocenters. The van der Waals surface area contributed by atoms with Gasteiger partial charge < -0.3 is 5.32 Å². The molecule has 2 nitrogen and oxygen atoms in total. The number of carbonyl (C=O) groups is 1. The predicted molar refractivity (Wildman–Crippen MR) is 65.0 cm³/mol. The maximum Gasteiger partial charge on any atom is 0.220 e. The van der Waals surface area contributed by atoms with Gasteiger partial charge in [-0.1, -0.05) is 15.9 Å². The highest BCUT2D eigenvalue weighted by atomic mass is 79.9. The van der Waals surface area contributed by atoms with Crippen molar-refractivity contribution in [2.45, 2.75) is 11.7 Å². The summed E-state index contributed by atoms with van der Waals surface area (Å²) in [7, 11) is 0. The monoisotopic (exact) mass is 283 g/mol. The van der Waals surface area contributed by atoms with E-state index >= 15 is 0 Å². The van der Waals surface area contributed by atoms with Crippen molar-refractivity contribution < 1.29 is 4.79 Å². The van der Waals surface area contributed by atoms with E-state index in [1.807, 2.05) is 23.5 Å². The Morgan fingerprint density at radius 1 is 1.54 bits per heavy atom. The van der Waals surface area contributed by atoms with Crippen LogP contribution >= 0.6 is 39.5 Å². The molecule has 0 radical (unpaired) electrons. The van der Waals surface area contributed by atoms with Gasteiger partial charge in [-0.2, -0.15) is 23.5 Å². The molecule has 0 spiro atoms. The molecular formula is C8H14BrNOS2. The second kappa shape index (κ2) is 7.01. The summed E-state index contributed by atoms with van der Waals surface area (Å²) in [4.78, 5) is 11.1. The number of thioether (sulfide) groups is 2. The molecule has 1 atom stereocenters. The van der Waals surface area contributed by atoms with E-state index in [1.165, 1.54) is 17.3 Å². The zero-order chi connectivity index (χ0) is 9.52. The van der Waals surface area contributed by atoms with Crippen molar-refractivity contribution in [2.75, 3.05) is 29.1 Å². The lowest BCUT2D eigenvalue weighted by molar-refractivity contribution is -0.120. The third kappa shape index (κ3) is 5.18. The molecule has 1 fully saturated rings. The summed E-state index contributed by atoms with van der Waals surface area (Å²) in [6.45, 7) is 0.837. The first-order valence-corrected chi connectivity index (χ1v) is 7.67. The lowest BCUT2D eigenvalue weighted by atomic mass is 10.4. The van der Waals surface area contributed by atoms with E-state index in [9.17, 15) is 4.79 Å². The lowest BCUT2D eigenvalue weighted by Crippen LogP contribution is -2.33.